The molecule has 146 valence electrons. The number of nitrogens with zero attached hydrogens (tertiary/aromatic N) is 2. The van der Waals surface area contributed by atoms with Gasteiger partial charge in [0.05, 0.1) is 19.3 Å². The van der Waals surface area contributed by atoms with Gasteiger partial charge < -0.3 is 18.9 Å². The van der Waals surface area contributed by atoms with E-state index in [1.165, 1.54) is 0 Å². The van der Waals surface area contributed by atoms with Crippen LogP contribution in [0.25, 0.3) is 0 Å². The summed E-state index contributed by atoms with van der Waals surface area (Å²) in [5, 5.41) is 0. The third-order valence-corrected chi connectivity index (χ3v) is 5.05. The first-order valence-corrected chi connectivity index (χ1v) is 9.61. The molecule has 1 saturated heterocycles. The number of benzene rings is 1. The van der Waals surface area contributed by atoms with Crippen molar-refractivity contribution in [1.29, 1.82) is 0 Å². The Kier molecular flexibility index (Phi) is 5.78. The number of aromatic nitrogens is 1. The molecule has 5 nitrogen and oxygen atoms in total. The molecule has 1 amide bonds. The smallest absolute Gasteiger partial charge is 0.255 e. The molecule has 0 unspecified atom stereocenters. The fraction of sp³-hybridized carbons (Fsp3) is 0.500. The van der Waals surface area contributed by atoms with Crippen molar-refractivity contribution in [2.75, 3.05) is 26.8 Å². The fourth-order valence-corrected chi connectivity index (χ4v) is 3.41. The molecule has 0 spiro atoms. The van der Waals surface area contributed by atoms with Crippen molar-refractivity contribution in [3.8, 4) is 11.5 Å². The second-order valence-electron chi connectivity index (χ2n) is 8.23. The fourth-order valence-electron chi connectivity index (χ4n) is 3.41. The van der Waals surface area contributed by atoms with E-state index in [1.807, 2.05) is 47.6 Å². The van der Waals surface area contributed by atoms with Crippen LogP contribution in [0, 0.1) is 5.92 Å². The van der Waals surface area contributed by atoms with E-state index in [0.29, 0.717) is 12.5 Å². The van der Waals surface area contributed by atoms with Crippen molar-refractivity contribution in [2.24, 2.45) is 5.92 Å². The van der Waals surface area contributed by atoms with E-state index in [-0.39, 0.29) is 11.4 Å². The highest BCUT2D eigenvalue weighted by Gasteiger charge is 2.26. The molecular formula is C22H30N2O3. The van der Waals surface area contributed by atoms with Crippen LogP contribution >= 0.6 is 0 Å². The average molecular weight is 370 g/mol. The first-order chi connectivity index (χ1) is 12.9. The largest absolute Gasteiger partial charge is 0.497 e. The van der Waals surface area contributed by atoms with Gasteiger partial charge in [-0.1, -0.05) is 6.07 Å². The molecule has 3 rings (SSSR count). The summed E-state index contributed by atoms with van der Waals surface area (Å²) in [4.78, 5) is 14.9. The van der Waals surface area contributed by atoms with Crippen LogP contribution in [-0.4, -0.2) is 42.2 Å². The van der Waals surface area contributed by atoms with Gasteiger partial charge in [-0.25, -0.2) is 0 Å². The number of hydrogen-bond acceptors (Lipinski definition) is 3. The highest BCUT2D eigenvalue weighted by Crippen LogP contribution is 2.23. The summed E-state index contributed by atoms with van der Waals surface area (Å²) in [5.41, 5.74) is 0.743. The summed E-state index contributed by atoms with van der Waals surface area (Å²) >= 11 is 0. The maximum absolute atomic E-state index is 12.9. The van der Waals surface area contributed by atoms with E-state index < -0.39 is 0 Å². The van der Waals surface area contributed by atoms with Crippen LogP contribution < -0.4 is 9.47 Å². The zero-order chi connectivity index (χ0) is 19.4. The minimum absolute atomic E-state index is 0.0203. The highest BCUT2D eigenvalue weighted by molar-refractivity contribution is 5.94. The van der Waals surface area contributed by atoms with Gasteiger partial charge in [0.25, 0.3) is 5.91 Å². The Hall–Kier alpha value is -2.43. The molecule has 2 aromatic rings. The number of amides is 1. The van der Waals surface area contributed by atoms with E-state index in [4.69, 9.17) is 9.47 Å². The van der Waals surface area contributed by atoms with E-state index in [2.05, 4.69) is 25.3 Å². The summed E-state index contributed by atoms with van der Waals surface area (Å²) in [6, 6.07) is 9.57. The first kappa shape index (κ1) is 19.3. The summed E-state index contributed by atoms with van der Waals surface area (Å²) in [6.07, 6.45) is 6.04. The lowest BCUT2D eigenvalue weighted by atomic mass is 9.98. The zero-order valence-electron chi connectivity index (χ0n) is 16.8. The Bertz CT molecular complexity index is 776. The SMILES string of the molecule is COc1cccc(OC[C@H]2CCCN(C(=O)c3ccn(C(C)(C)C)c3)C2)c1. The van der Waals surface area contributed by atoms with Crippen LogP contribution in [0.15, 0.2) is 42.7 Å². The molecule has 1 fully saturated rings. The van der Waals surface area contributed by atoms with E-state index in [1.54, 1.807) is 7.11 Å². The number of rotatable bonds is 5. The van der Waals surface area contributed by atoms with Crippen LogP contribution in [0.5, 0.6) is 11.5 Å². The van der Waals surface area contributed by atoms with Gasteiger partial charge in [-0.3, -0.25) is 4.79 Å². The minimum atomic E-state index is -0.0203. The quantitative estimate of drug-likeness (QED) is 0.793. The van der Waals surface area contributed by atoms with Crippen LogP contribution in [0.1, 0.15) is 44.0 Å². The van der Waals surface area contributed by atoms with Crippen molar-refractivity contribution in [2.45, 2.75) is 39.2 Å². The van der Waals surface area contributed by atoms with Crippen molar-refractivity contribution in [3.05, 3.63) is 48.3 Å². The Balaban J connectivity index is 1.58. The second-order valence-corrected chi connectivity index (χ2v) is 8.23. The van der Waals surface area contributed by atoms with Crippen LogP contribution in [0.2, 0.25) is 0 Å². The predicted octanol–water partition coefficient (Wildman–Crippen LogP) is 4.18. The molecule has 1 atom stereocenters. The number of carbonyl (C=O) groups excluding carboxylic acids is 1. The molecule has 1 aliphatic heterocycles. The maximum Gasteiger partial charge on any atom is 0.255 e. The molecule has 0 N–H and O–H groups in total. The number of likely N-dealkylation sites (tertiary alicyclic amines) is 1. The molecule has 0 radical (unpaired) electrons. The molecule has 5 heteroatoms. The van der Waals surface area contributed by atoms with Crippen LogP contribution in [-0.2, 0) is 5.54 Å². The zero-order valence-corrected chi connectivity index (χ0v) is 16.8. The van der Waals surface area contributed by atoms with Gasteiger partial charge in [-0.2, -0.15) is 0 Å². The van der Waals surface area contributed by atoms with Crippen molar-refractivity contribution in [1.82, 2.24) is 9.47 Å². The Morgan fingerprint density at radius 2 is 2.00 bits per heavy atom. The van der Waals surface area contributed by atoms with Gasteiger partial charge in [0.1, 0.15) is 11.5 Å². The number of hydrogen-bond donors (Lipinski definition) is 0. The van der Waals surface area contributed by atoms with Gasteiger partial charge in [0, 0.05) is 43.0 Å². The molecule has 0 aliphatic carbocycles. The van der Waals surface area contributed by atoms with Gasteiger partial charge in [0.2, 0.25) is 0 Å². The third kappa shape index (κ3) is 4.85. The lowest BCUT2D eigenvalue weighted by Crippen LogP contribution is -2.41. The van der Waals surface area contributed by atoms with Crippen molar-refractivity contribution < 1.29 is 14.3 Å². The van der Waals surface area contributed by atoms with Gasteiger partial charge in [0.15, 0.2) is 0 Å². The Morgan fingerprint density at radius 3 is 2.70 bits per heavy atom. The first-order valence-electron chi connectivity index (χ1n) is 9.61. The molecule has 27 heavy (non-hydrogen) atoms. The summed E-state index contributed by atoms with van der Waals surface area (Å²) in [5.74, 6) is 2.05. The third-order valence-electron chi connectivity index (χ3n) is 5.05. The minimum Gasteiger partial charge on any atom is -0.497 e. The standard InChI is InChI=1S/C22H30N2O3/c1-22(2,3)24-12-10-18(15-24)21(25)23-11-6-7-17(14-23)16-27-20-9-5-8-19(13-20)26-4/h5,8-10,12-13,15,17H,6-7,11,14,16H2,1-4H3/t17-/m0/s1. The lowest BCUT2D eigenvalue weighted by molar-refractivity contribution is 0.0633. The summed E-state index contributed by atoms with van der Waals surface area (Å²) in [7, 11) is 1.65. The van der Waals surface area contributed by atoms with Gasteiger partial charge in [-0.15, -0.1) is 0 Å². The molecule has 2 heterocycles. The number of piperidine rings is 1. The number of ether oxygens (including phenoxy) is 2. The summed E-state index contributed by atoms with van der Waals surface area (Å²) in [6.45, 7) is 8.56. The van der Waals surface area contributed by atoms with Crippen LogP contribution in [0.4, 0.5) is 0 Å². The number of carbonyl (C=O) groups is 1. The molecule has 1 aromatic heterocycles. The molecule has 0 bridgehead atoms. The second kappa shape index (κ2) is 8.07. The monoisotopic (exact) mass is 370 g/mol. The Morgan fingerprint density at radius 1 is 1.22 bits per heavy atom. The summed E-state index contributed by atoms with van der Waals surface area (Å²) < 4.78 is 13.3. The molecule has 1 aliphatic rings. The molecule has 1 aromatic carbocycles. The predicted molar refractivity (Wildman–Crippen MR) is 107 cm³/mol. The Labute approximate surface area is 161 Å². The van der Waals surface area contributed by atoms with E-state index in [9.17, 15) is 4.79 Å². The highest BCUT2D eigenvalue weighted by atomic mass is 16.5. The lowest BCUT2D eigenvalue weighted by Gasteiger charge is -2.32. The van der Waals surface area contributed by atoms with E-state index >= 15 is 0 Å². The number of methoxy groups -OCH3 is 1. The van der Waals surface area contributed by atoms with Crippen LogP contribution in [0.3, 0.4) is 0 Å². The molecular weight excluding hydrogens is 340 g/mol. The van der Waals surface area contributed by atoms with Crippen molar-refractivity contribution in [3.63, 3.8) is 0 Å². The van der Waals surface area contributed by atoms with Gasteiger partial charge in [-0.05, 0) is 51.8 Å². The average Bonchev–Trinajstić information content (AvgIpc) is 3.17. The topological polar surface area (TPSA) is 43.7 Å². The van der Waals surface area contributed by atoms with Gasteiger partial charge >= 0.3 is 0 Å². The molecule has 0 saturated carbocycles. The van der Waals surface area contributed by atoms with E-state index in [0.717, 1.165) is 43.0 Å². The maximum atomic E-state index is 12.9. The normalized spacial score (nSPS) is 17.6. The van der Waals surface area contributed by atoms with Crippen molar-refractivity contribution >= 4 is 5.91 Å².